The van der Waals surface area contributed by atoms with Gasteiger partial charge in [-0.3, -0.25) is 14.4 Å². The van der Waals surface area contributed by atoms with Crippen LogP contribution < -0.4 is 32.2 Å². The molecule has 0 spiro atoms. The number of ether oxygens (including phenoxy) is 2. The van der Waals surface area contributed by atoms with Crippen molar-refractivity contribution in [1.82, 2.24) is 5.32 Å². The summed E-state index contributed by atoms with van der Waals surface area (Å²) in [4.78, 5) is 39.5. The first-order valence-corrected chi connectivity index (χ1v) is 16.4. The third-order valence-corrected chi connectivity index (χ3v) is 9.16. The van der Waals surface area contributed by atoms with Crippen molar-refractivity contribution >= 4 is 50.6 Å². The number of carbonyl (C=O) groups is 3. The highest BCUT2D eigenvalue weighted by atomic mass is 32.1. The number of hydrogen-bond acceptors (Lipinski definition) is 9. The summed E-state index contributed by atoms with van der Waals surface area (Å²) < 4.78 is 81.1. The minimum Gasteiger partial charge on any atom is -0.467 e. The van der Waals surface area contributed by atoms with Crippen LogP contribution in [0.3, 0.4) is 0 Å². The number of alkyl halides is 5. The third kappa shape index (κ3) is 10.4. The Hall–Kier alpha value is -5.13. The lowest BCUT2D eigenvalue weighted by atomic mass is 9.88. The van der Waals surface area contributed by atoms with E-state index in [1.165, 1.54) is 30.3 Å². The van der Waals surface area contributed by atoms with Gasteiger partial charge in [-0.05, 0) is 54.5 Å². The maximum Gasteiger partial charge on any atom is 0.393 e. The first-order valence-electron chi connectivity index (χ1n) is 15.6. The molecule has 272 valence electrons. The Kier molecular flexibility index (Phi) is 12.7. The predicted molar refractivity (Wildman–Crippen MR) is 181 cm³/mol. The van der Waals surface area contributed by atoms with Crippen LogP contribution in [0.25, 0.3) is 14.9 Å². The zero-order chi connectivity index (χ0) is 37.3. The molecule has 0 radical (unpaired) electrons. The van der Waals surface area contributed by atoms with E-state index in [1.807, 2.05) is 0 Å². The van der Waals surface area contributed by atoms with Crippen molar-refractivity contribution in [2.75, 3.05) is 31.0 Å². The van der Waals surface area contributed by atoms with E-state index in [1.54, 1.807) is 6.07 Å². The van der Waals surface area contributed by atoms with Crippen LogP contribution in [0.1, 0.15) is 52.9 Å². The Morgan fingerprint density at radius 3 is 2.61 bits per heavy atom. The van der Waals surface area contributed by atoms with E-state index in [0.29, 0.717) is 16.8 Å². The van der Waals surface area contributed by atoms with Crippen LogP contribution in [0.5, 0.6) is 5.75 Å². The van der Waals surface area contributed by atoms with Gasteiger partial charge in [0.15, 0.2) is 5.75 Å². The number of amides is 2. The van der Waals surface area contributed by atoms with Crippen molar-refractivity contribution in [2.45, 2.75) is 68.7 Å². The minimum atomic E-state index is -4.57. The molecule has 51 heavy (non-hydrogen) atoms. The predicted octanol–water partition coefficient (Wildman–Crippen LogP) is 5.19. The third-order valence-electron chi connectivity index (χ3n) is 7.96. The van der Waals surface area contributed by atoms with Gasteiger partial charge in [0.25, 0.3) is 11.8 Å². The zero-order valence-corrected chi connectivity index (χ0v) is 28.1. The molecule has 1 fully saturated rings. The Balaban J connectivity index is 1.56. The number of anilines is 2. The number of methoxy groups -OCH3 is 1. The highest BCUT2D eigenvalue weighted by Gasteiger charge is 2.44. The van der Waals surface area contributed by atoms with Crippen molar-refractivity contribution in [1.29, 1.82) is 0 Å². The molecule has 3 atom stereocenters. The zero-order valence-electron chi connectivity index (χ0n) is 27.3. The minimum absolute atomic E-state index is 0.0416. The lowest BCUT2D eigenvalue weighted by Gasteiger charge is -2.35. The molecule has 11 nitrogen and oxygen atoms in total. The molecule has 17 heteroatoms. The van der Waals surface area contributed by atoms with Gasteiger partial charge in [-0.1, -0.05) is 24.0 Å². The van der Waals surface area contributed by atoms with Crippen LogP contribution in [-0.4, -0.2) is 68.4 Å². The van der Waals surface area contributed by atoms with Gasteiger partial charge >= 0.3 is 18.9 Å². The lowest BCUT2D eigenvalue weighted by molar-refractivity contribution is -0.143. The number of nitrogens with one attached hydrogen (secondary N) is 3. The molecule has 0 aliphatic heterocycles. The molecule has 4 rings (SSSR count). The second-order valence-corrected chi connectivity index (χ2v) is 12.8. The highest BCUT2D eigenvalue weighted by molar-refractivity contribution is 7.20. The maximum atomic E-state index is 14.8. The first-order chi connectivity index (χ1) is 24.1. The highest BCUT2D eigenvalue weighted by Crippen LogP contribution is 2.41. The summed E-state index contributed by atoms with van der Waals surface area (Å²) in [6, 6.07) is 5.68. The Morgan fingerprint density at radius 2 is 1.94 bits per heavy atom. The van der Waals surface area contributed by atoms with Gasteiger partial charge in [0.05, 0.1) is 47.1 Å². The van der Waals surface area contributed by atoms with Gasteiger partial charge in [-0.15, -0.1) is 11.3 Å². The van der Waals surface area contributed by atoms with Crippen molar-refractivity contribution in [3.05, 3.63) is 63.8 Å². The quantitative estimate of drug-likeness (QED) is 0.0694. The Bertz CT molecular complexity index is 1870. The molecule has 0 saturated heterocycles. The first kappa shape index (κ1) is 38.7. The molecule has 2 aromatic carbocycles. The SMILES string of the molecule is [C-]#[N+]COc1cc(C(=O)NC(CCC(N)=O)C(=O)OC)ccc1NCC#Cc1sc2c(NC3CCC(N)CC3(F)F)cccc2c1CC(F)(F)F. The van der Waals surface area contributed by atoms with E-state index in [-0.39, 0.29) is 58.6 Å². The van der Waals surface area contributed by atoms with E-state index in [4.69, 9.17) is 22.8 Å². The number of nitrogens with zero attached hydrogens (tertiary/aromatic N) is 1. The monoisotopic (exact) mass is 734 g/mol. The Labute approximate surface area is 294 Å². The number of benzene rings is 2. The molecule has 1 aromatic heterocycles. The van der Waals surface area contributed by atoms with Crippen LogP contribution in [-0.2, 0) is 20.7 Å². The summed E-state index contributed by atoms with van der Waals surface area (Å²) >= 11 is 0.965. The van der Waals surface area contributed by atoms with Crippen molar-refractivity contribution in [3.8, 4) is 17.6 Å². The van der Waals surface area contributed by atoms with Crippen LogP contribution >= 0.6 is 11.3 Å². The molecule has 1 aliphatic carbocycles. The average Bonchev–Trinajstić information content (AvgIpc) is 3.40. The molecule has 0 bridgehead atoms. The smallest absolute Gasteiger partial charge is 0.393 e. The van der Waals surface area contributed by atoms with Gasteiger partial charge in [0, 0.05) is 24.4 Å². The molecular weight excluding hydrogens is 699 g/mol. The molecule has 2 amide bonds. The number of halogens is 5. The van der Waals surface area contributed by atoms with E-state index in [0.717, 1.165) is 18.4 Å². The van der Waals surface area contributed by atoms with Gasteiger partial charge in [-0.25, -0.2) is 20.1 Å². The fraction of sp³-hybridized carbons (Fsp3) is 0.412. The van der Waals surface area contributed by atoms with E-state index < -0.39 is 67.6 Å². The second kappa shape index (κ2) is 16.7. The molecule has 3 unspecified atom stereocenters. The second-order valence-electron chi connectivity index (χ2n) is 11.7. The van der Waals surface area contributed by atoms with Gasteiger partial charge < -0.3 is 36.9 Å². The maximum absolute atomic E-state index is 14.8. The van der Waals surface area contributed by atoms with E-state index >= 15 is 0 Å². The van der Waals surface area contributed by atoms with Crippen molar-refractivity contribution in [2.24, 2.45) is 11.5 Å². The number of thiophene rings is 1. The normalized spacial score (nSPS) is 17.3. The average molecular weight is 735 g/mol. The van der Waals surface area contributed by atoms with E-state index in [9.17, 15) is 36.3 Å². The topological polar surface area (TPSA) is 162 Å². The fourth-order valence-corrected chi connectivity index (χ4v) is 6.70. The van der Waals surface area contributed by atoms with Crippen LogP contribution in [0, 0.1) is 18.4 Å². The largest absolute Gasteiger partial charge is 0.467 e. The van der Waals surface area contributed by atoms with Gasteiger partial charge in [0.1, 0.15) is 6.04 Å². The molecule has 1 aliphatic rings. The van der Waals surface area contributed by atoms with Crippen molar-refractivity contribution in [3.63, 3.8) is 0 Å². The number of primary amides is 1. The fourth-order valence-electron chi connectivity index (χ4n) is 5.53. The number of esters is 1. The summed E-state index contributed by atoms with van der Waals surface area (Å²) in [5.74, 6) is 0.373. The summed E-state index contributed by atoms with van der Waals surface area (Å²) in [6.45, 7) is 6.56. The Morgan fingerprint density at radius 1 is 1.18 bits per heavy atom. The summed E-state index contributed by atoms with van der Waals surface area (Å²) in [5, 5.41) is 8.53. The van der Waals surface area contributed by atoms with Crippen LogP contribution in [0.4, 0.5) is 33.3 Å². The number of carbonyl (C=O) groups excluding carboxylic acids is 3. The molecule has 7 N–H and O–H groups in total. The lowest BCUT2D eigenvalue weighted by Crippen LogP contribution is -2.48. The van der Waals surface area contributed by atoms with Gasteiger partial charge in [-0.2, -0.15) is 13.2 Å². The van der Waals surface area contributed by atoms with Crippen LogP contribution in [0.15, 0.2) is 36.4 Å². The van der Waals surface area contributed by atoms with E-state index in [2.05, 4.69) is 37.4 Å². The standard InChI is InChI=1S/C34H35F5N6O5S/c1-42-18-50-26-15-19(31(47)45-25(32(48)49-2)11-13-29(41)46)8-10-23(26)43-14-4-7-27-22(17-34(37,38)39)21-5-3-6-24(30(21)51-27)44-28-12-9-20(40)16-33(28,35)36/h3,5-6,8,10,15,20,25,28,43-44H,9,11-14,16-18,40H2,2H3,(H2,41,46)(H,45,47). The number of rotatable bonds is 13. The number of fused-ring (bicyclic) bond motifs is 1. The molecule has 1 heterocycles. The number of hydrogen-bond donors (Lipinski definition) is 5. The van der Waals surface area contributed by atoms with Crippen LogP contribution in [0.2, 0.25) is 0 Å². The molecular formula is C34H35F5N6O5S. The van der Waals surface area contributed by atoms with Crippen molar-refractivity contribution < 1.29 is 45.8 Å². The molecule has 3 aromatic rings. The van der Waals surface area contributed by atoms with Gasteiger partial charge in [0.2, 0.25) is 5.91 Å². The molecule has 1 saturated carbocycles. The summed E-state index contributed by atoms with van der Waals surface area (Å²) in [5.41, 5.74) is 11.4. The summed E-state index contributed by atoms with van der Waals surface area (Å²) in [7, 11) is 1.12. The number of nitrogens with two attached hydrogens (primary N) is 2. The summed E-state index contributed by atoms with van der Waals surface area (Å²) in [6.07, 6.45) is -6.15.